The Morgan fingerprint density at radius 1 is 1.12 bits per heavy atom. The van der Waals surface area contributed by atoms with Crippen LogP contribution in [0, 0.1) is 0 Å². The lowest BCUT2D eigenvalue weighted by molar-refractivity contribution is 0.0720. The molecule has 2 heterocycles. The standard InChI is InChI=1S/C18H18N2O2S2/c21-13-7-3-1-5-11(13)19-17(22)15-9-10-16(23-15)18-20-12-6-2-4-8-14(12)24-18/h2,4,6,8-11,13,21H,1,3,5,7H2,(H,19,22). The summed E-state index contributed by atoms with van der Waals surface area (Å²) in [6.07, 6.45) is 3.29. The van der Waals surface area contributed by atoms with Gasteiger partial charge in [0.15, 0.2) is 0 Å². The maximum absolute atomic E-state index is 12.4. The van der Waals surface area contributed by atoms with Crippen molar-refractivity contribution < 1.29 is 9.90 Å². The first-order chi connectivity index (χ1) is 11.7. The minimum atomic E-state index is -0.425. The van der Waals surface area contributed by atoms with Crippen molar-refractivity contribution in [3.05, 3.63) is 41.3 Å². The summed E-state index contributed by atoms with van der Waals surface area (Å²) in [7, 11) is 0. The molecule has 4 nitrogen and oxygen atoms in total. The number of thiazole rings is 1. The van der Waals surface area contributed by atoms with Crippen LogP contribution < -0.4 is 5.32 Å². The third-order valence-corrected chi connectivity index (χ3v) is 6.67. The van der Waals surface area contributed by atoms with E-state index in [2.05, 4.69) is 16.4 Å². The fourth-order valence-corrected chi connectivity index (χ4v) is 5.00. The van der Waals surface area contributed by atoms with Gasteiger partial charge < -0.3 is 10.4 Å². The molecule has 6 heteroatoms. The maximum atomic E-state index is 12.4. The van der Waals surface area contributed by atoms with Crippen molar-refractivity contribution in [3.8, 4) is 9.88 Å². The van der Waals surface area contributed by atoms with Crippen LogP contribution in [0.1, 0.15) is 35.4 Å². The Labute approximate surface area is 148 Å². The van der Waals surface area contributed by atoms with Gasteiger partial charge in [-0.3, -0.25) is 4.79 Å². The van der Waals surface area contributed by atoms with Gasteiger partial charge in [0.2, 0.25) is 0 Å². The van der Waals surface area contributed by atoms with Gasteiger partial charge in [-0.2, -0.15) is 0 Å². The number of hydrogen-bond donors (Lipinski definition) is 2. The van der Waals surface area contributed by atoms with Crippen molar-refractivity contribution in [3.63, 3.8) is 0 Å². The predicted octanol–water partition coefficient (Wildman–Crippen LogP) is 4.06. The summed E-state index contributed by atoms with van der Waals surface area (Å²) >= 11 is 3.09. The molecule has 2 N–H and O–H groups in total. The summed E-state index contributed by atoms with van der Waals surface area (Å²) in [5.41, 5.74) is 0.988. The third-order valence-electron chi connectivity index (χ3n) is 4.38. The van der Waals surface area contributed by atoms with E-state index >= 15 is 0 Å². The number of nitrogens with zero attached hydrogens (tertiary/aromatic N) is 1. The first-order valence-corrected chi connectivity index (χ1v) is 9.79. The monoisotopic (exact) mass is 358 g/mol. The van der Waals surface area contributed by atoms with Crippen LogP contribution in [0.3, 0.4) is 0 Å². The van der Waals surface area contributed by atoms with Crippen LogP contribution in [0.4, 0.5) is 0 Å². The highest BCUT2D eigenvalue weighted by Crippen LogP contribution is 2.34. The number of carbonyl (C=O) groups excluding carboxylic acids is 1. The predicted molar refractivity (Wildman–Crippen MR) is 98.7 cm³/mol. The molecule has 0 aliphatic heterocycles. The Kier molecular flexibility index (Phi) is 4.35. The molecule has 2 aromatic heterocycles. The van der Waals surface area contributed by atoms with Gasteiger partial charge in [0.05, 0.1) is 32.1 Å². The summed E-state index contributed by atoms with van der Waals surface area (Å²) in [6, 6.07) is 11.7. The van der Waals surface area contributed by atoms with Crippen molar-refractivity contribution >= 4 is 38.8 Å². The van der Waals surface area contributed by atoms with Crippen molar-refractivity contribution in [2.75, 3.05) is 0 Å². The molecule has 2 unspecified atom stereocenters. The molecular formula is C18H18N2O2S2. The second kappa shape index (κ2) is 6.63. The fraction of sp³-hybridized carbons (Fsp3) is 0.333. The molecule has 1 aliphatic rings. The first-order valence-electron chi connectivity index (χ1n) is 8.15. The Hall–Kier alpha value is -1.76. The number of rotatable bonds is 3. The maximum Gasteiger partial charge on any atom is 0.261 e. The van der Waals surface area contributed by atoms with E-state index < -0.39 is 6.10 Å². The van der Waals surface area contributed by atoms with E-state index in [1.807, 2.05) is 30.3 Å². The van der Waals surface area contributed by atoms with Crippen LogP contribution in [0.15, 0.2) is 36.4 Å². The molecule has 1 amide bonds. The number of carbonyl (C=O) groups is 1. The number of benzene rings is 1. The van der Waals surface area contributed by atoms with E-state index in [1.54, 1.807) is 11.3 Å². The molecule has 4 rings (SSSR count). The van der Waals surface area contributed by atoms with Crippen molar-refractivity contribution in [2.24, 2.45) is 0 Å². The van der Waals surface area contributed by atoms with E-state index in [9.17, 15) is 9.90 Å². The summed E-state index contributed by atoms with van der Waals surface area (Å²) in [4.78, 5) is 18.8. The number of aliphatic hydroxyl groups is 1. The second-order valence-corrected chi connectivity index (χ2v) is 8.20. The van der Waals surface area contributed by atoms with Crippen LogP contribution in [0.5, 0.6) is 0 Å². The molecule has 3 aromatic rings. The topological polar surface area (TPSA) is 62.2 Å². The smallest absolute Gasteiger partial charge is 0.261 e. The van der Waals surface area contributed by atoms with Gasteiger partial charge >= 0.3 is 0 Å². The fourth-order valence-electron chi connectivity index (χ4n) is 3.07. The number of thiophene rings is 1. The lowest BCUT2D eigenvalue weighted by Crippen LogP contribution is -2.44. The number of aliphatic hydroxyl groups excluding tert-OH is 1. The van der Waals surface area contributed by atoms with E-state index in [0.717, 1.165) is 45.8 Å². The van der Waals surface area contributed by atoms with Crippen LogP contribution >= 0.6 is 22.7 Å². The Morgan fingerprint density at radius 2 is 1.96 bits per heavy atom. The van der Waals surface area contributed by atoms with Gasteiger partial charge in [0.1, 0.15) is 5.01 Å². The highest BCUT2D eigenvalue weighted by molar-refractivity contribution is 7.26. The molecular weight excluding hydrogens is 340 g/mol. The number of para-hydroxylation sites is 1. The van der Waals surface area contributed by atoms with Gasteiger partial charge in [-0.1, -0.05) is 25.0 Å². The molecule has 24 heavy (non-hydrogen) atoms. The zero-order valence-electron chi connectivity index (χ0n) is 13.1. The van der Waals surface area contributed by atoms with Gasteiger partial charge in [-0.15, -0.1) is 22.7 Å². The van der Waals surface area contributed by atoms with E-state index in [4.69, 9.17) is 0 Å². The van der Waals surface area contributed by atoms with E-state index in [0.29, 0.717) is 4.88 Å². The zero-order chi connectivity index (χ0) is 16.5. The summed E-state index contributed by atoms with van der Waals surface area (Å²) in [5.74, 6) is -0.0988. The Balaban J connectivity index is 1.52. The van der Waals surface area contributed by atoms with Crippen LogP contribution in [-0.4, -0.2) is 28.1 Å². The first kappa shape index (κ1) is 15.7. The van der Waals surface area contributed by atoms with Gasteiger partial charge in [-0.25, -0.2) is 4.98 Å². The normalized spacial score (nSPS) is 21.0. The quantitative estimate of drug-likeness (QED) is 0.742. The zero-order valence-corrected chi connectivity index (χ0v) is 14.7. The van der Waals surface area contributed by atoms with Crippen molar-refractivity contribution in [1.29, 1.82) is 0 Å². The molecule has 0 spiro atoms. The van der Waals surface area contributed by atoms with Gasteiger partial charge in [0, 0.05) is 0 Å². The van der Waals surface area contributed by atoms with E-state index in [-0.39, 0.29) is 11.9 Å². The Morgan fingerprint density at radius 3 is 2.79 bits per heavy atom. The number of aromatic nitrogens is 1. The molecule has 2 atom stereocenters. The average Bonchev–Trinajstić information content (AvgIpc) is 3.23. The lowest BCUT2D eigenvalue weighted by Gasteiger charge is -2.28. The average molecular weight is 358 g/mol. The van der Waals surface area contributed by atoms with Crippen LogP contribution in [0.2, 0.25) is 0 Å². The molecule has 1 fully saturated rings. The second-order valence-electron chi connectivity index (χ2n) is 6.08. The highest BCUT2D eigenvalue weighted by Gasteiger charge is 2.25. The SMILES string of the molecule is O=C(NC1CCCCC1O)c1ccc(-c2nc3ccccc3s2)s1. The third kappa shape index (κ3) is 3.09. The minimum Gasteiger partial charge on any atom is -0.391 e. The molecule has 0 bridgehead atoms. The molecule has 1 aromatic carbocycles. The number of fused-ring (bicyclic) bond motifs is 1. The number of nitrogens with one attached hydrogen (secondary N) is 1. The van der Waals surface area contributed by atoms with Crippen LogP contribution in [0.25, 0.3) is 20.1 Å². The number of amides is 1. The van der Waals surface area contributed by atoms with Crippen molar-refractivity contribution in [1.82, 2.24) is 10.3 Å². The van der Waals surface area contributed by atoms with Crippen molar-refractivity contribution in [2.45, 2.75) is 37.8 Å². The summed E-state index contributed by atoms with van der Waals surface area (Å²) in [5, 5.41) is 13.9. The molecule has 1 aliphatic carbocycles. The molecule has 0 radical (unpaired) electrons. The summed E-state index contributed by atoms with van der Waals surface area (Å²) in [6.45, 7) is 0. The molecule has 1 saturated carbocycles. The lowest BCUT2D eigenvalue weighted by atomic mass is 9.92. The van der Waals surface area contributed by atoms with E-state index in [1.165, 1.54) is 11.3 Å². The highest BCUT2D eigenvalue weighted by atomic mass is 32.1. The van der Waals surface area contributed by atoms with Crippen LogP contribution in [-0.2, 0) is 0 Å². The molecule has 124 valence electrons. The van der Waals surface area contributed by atoms with Gasteiger partial charge in [0.25, 0.3) is 5.91 Å². The largest absolute Gasteiger partial charge is 0.391 e. The summed E-state index contributed by atoms with van der Waals surface area (Å²) < 4.78 is 1.15. The number of hydrogen-bond acceptors (Lipinski definition) is 5. The Bertz CT molecular complexity index is 838. The minimum absolute atomic E-state index is 0.0988. The molecule has 0 saturated heterocycles. The van der Waals surface area contributed by atoms with Gasteiger partial charge in [-0.05, 0) is 37.1 Å².